The van der Waals surface area contributed by atoms with Crippen molar-refractivity contribution in [3.05, 3.63) is 35.6 Å². The van der Waals surface area contributed by atoms with Gasteiger partial charge in [0.15, 0.2) is 5.96 Å². The number of rotatable bonds is 6. The second-order valence-corrected chi connectivity index (χ2v) is 8.38. The summed E-state index contributed by atoms with van der Waals surface area (Å²) in [6.07, 6.45) is 5.40. The monoisotopic (exact) mass is 531 g/mol. The lowest BCUT2D eigenvalue weighted by molar-refractivity contribution is -0.134. The second kappa shape index (κ2) is 11.8. The highest BCUT2D eigenvalue weighted by molar-refractivity contribution is 14.0. The number of hydrogen-bond acceptors (Lipinski definition) is 3. The zero-order valence-corrected chi connectivity index (χ0v) is 20.6. The average Bonchev–Trinajstić information content (AvgIpc) is 3.40. The molecule has 168 valence electrons. The molecule has 0 spiro atoms. The Bertz CT molecular complexity index is 706. The minimum atomic E-state index is -0.227. The van der Waals surface area contributed by atoms with Gasteiger partial charge in [-0.2, -0.15) is 0 Å². The van der Waals surface area contributed by atoms with E-state index in [1.54, 1.807) is 7.05 Å². The predicted molar refractivity (Wildman–Crippen MR) is 130 cm³/mol. The minimum Gasteiger partial charge on any atom is -0.354 e. The number of halogens is 2. The number of amides is 1. The molecular weight excluding hydrogens is 496 g/mol. The molecule has 1 heterocycles. The summed E-state index contributed by atoms with van der Waals surface area (Å²) < 4.78 is 13.2. The van der Waals surface area contributed by atoms with Crippen LogP contribution in [-0.2, 0) is 4.79 Å². The van der Waals surface area contributed by atoms with Crippen molar-refractivity contribution in [3.8, 4) is 0 Å². The van der Waals surface area contributed by atoms with E-state index in [0.717, 1.165) is 43.9 Å². The number of likely N-dealkylation sites (N-methyl/N-ethyl adjacent to an activating group) is 1. The summed E-state index contributed by atoms with van der Waals surface area (Å²) in [5.74, 6) is 1.08. The van der Waals surface area contributed by atoms with Crippen LogP contribution in [0.2, 0.25) is 0 Å². The Hall–Kier alpha value is -1.42. The Morgan fingerprint density at radius 2 is 1.90 bits per heavy atom. The number of guanidine groups is 1. The molecule has 1 aliphatic carbocycles. The van der Waals surface area contributed by atoms with Crippen LogP contribution in [0.3, 0.4) is 0 Å². The van der Waals surface area contributed by atoms with Crippen LogP contribution < -0.4 is 10.6 Å². The van der Waals surface area contributed by atoms with Crippen LogP contribution in [0.15, 0.2) is 29.3 Å². The number of likely N-dealkylation sites (tertiary alicyclic amines) is 1. The molecule has 1 amide bonds. The van der Waals surface area contributed by atoms with Gasteiger partial charge in [0.1, 0.15) is 5.82 Å². The summed E-state index contributed by atoms with van der Waals surface area (Å²) in [5.41, 5.74) is 1.05. The van der Waals surface area contributed by atoms with Gasteiger partial charge in [-0.1, -0.05) is 25.0 Å². The van der Waals surface area contributed by atoms with Gasteiger partial charge in [-0.25, -0.2) is 4.39 Å². The fraction of sp³-hybridized carbons (Fsp3) is 0.636. The fourth-order valence-electron chi connectivity index (χ4n) is 4.37. The smallest absolute Gasteiger partial charge is 0.225 e. The third-order valence-electron chi connectivity index (χ3n) is 6.11. The molecule has 1 aromatic rings. The van der Waals surface area contributed by atoms with Crippen molar-refractivity contribution in [2.45, 2.75) is 44.2 Å². The minimum absolute atomic E-state index is 0. The maximum Gasteiger partial charge on any atom is 0.225 e. The summed E-state index contributed by atoms with van der Waals surface area (Å²) in [6.45, 7) is 2.21. The molecule has 0 bridgehead atoms. The predicted octanol–water partition coefficient (Wildman–Crippen LogP) is 3.00. The maximum absolute atomic E-state index is 13.2. The molecule has 0 aromatic heterocycles. The quantitative estimate of drug-likeness (QED) is 0.337. The first-order valence-corrected chi connectivity index (χ1v) is 10.7. The third kappa shape index (κ3) is 6.54. The number of carbonyl (C=O) groups is 1. The average molecular weight is 531 g/mol. The van der Waals surface area contributed by atoms with E-state index in [9.17, 15) is 9.18 Å². The zero-order valence-electron chi connectivity index (χ0n) is 18.2. The summed E-state index contributed by atoms with van der Waals surface area (Å²) >= 11 is 0. The molecule has 2 fully saturated rings. The molecule has 1 saturated carbocycles. The number of benzene rings is 1. The summed E-state index contributed by atoms with van der Waals surface area (Å²) in [6, 6.07) is 6.94. The van der Waals surface area contributed by atoms with E-state index in [4.69, 9.17) is 0 Å². The molecule has 2 atom stereocenters. The summed E-state index contributed by atoms with van der Waals surface area (Å²) in [5, 5.41) is 6.85. The first-order chi connectivity index (χ1) is 14.0. The molecule has 3 rings (SSSR count). The normalized spacial score (nSPS) is 20.9. The topological polar surface area (TPSA) is 60.0 Å². The number of carbonyl (C=O) groups excluding carboxylic acids is 1. The van der Waals surface area contributed by atoms with Crippen molar-refractivity contribution in [2.24, 2.45) is 10.9 Å². The Labute approximate surface area is 196 Å². The number of nitrogens with zero attached hydrogens (tertiary/aromatic N) is 3. The zero-order chi connectivity index (χ0) is 20.8. The van der Waals surface area contributed by atoms with E-state index >= 15 is 0 Å². The van der Waals surface area contributed by atoms with Gasteiger partial charge < -0.3 is 20.4 Å². The number of aliphatic imine (C=N–C) groups is 1. The highest BCUT2D eigenvalue weighted by Gasteiger charge is 2.32. The maximum atomic E-state index is 13.2. The second-order valence-electron chi connectivity index (χ2n) is 8.38. The molecule has 2 N–H and O–H groups in total. The van der Waals surface area contributed by atoms with Crippen molar-refractivity contribution in [1.29, 1.82) is 0 Å². The molecule has 2 aliphatic rings. The molecule has 30 heavy (non-hydrogen) atoms. The van der Waals surface area contributed by atoms with Crippen molar-refractivity contribution in [1.82, 2.24) is 20.4 Å². The molecule has 1 saturated heterocycles. The van der Waals surface area contributed by atoms with Crippen LogP contribution in [0.1, 0.15) is 43.7 Å². The first kappa shape index (κ1) is 24.8. The lowest BCUT2D eigenvalue weighted by Gasteiger charge is -2.27. The lowest BCUT2D eigenvalue weighted by Crippen LogP contribution is -2.47. The standard InChI is InChI=1S/C22H34FN5O.HI/c1-24-22(25-14-20(27(2)3)16-8-10-18(23)11-9-16)26-19-12-13-28(15-19)21(29)17-6-4-5-7-17;/h8-11,17,19-20H,4-7,12-15H2,1-3H3,(H2,24,25,26);1H. The van der Waals surface area contributed by atoms with Crippen LogP contribution in [0.4, 0.5) is 4.39 Å². The molecule has 1 aliphatic heterocycles. The van der Waals surface area contributed by atoms with Crippen LogP contribution in [0, 0.1) is 11.7 Å². The summed E-state index contributed by atoms with van der Waals surface area (Å²) in [7, 11) is 5.78. The highest BCUT2D eigenvalue weighted by Crippen LogP contribution is 2.27. The van der Waals surface area contributed by atoms with Crippen LogP contribution in [-0.4, -0.2) is 68.5 Å². The van der Waals surface area contributed by atoms with Gasteiger partial charge in [0.05, 0.1) is 6.04 Å². The van der Waals surface area contributed by atoms with E-state index < -0.39 is 0 Å². The van der Waals surface area contributed by atoms with E-state index in [0.29, 0.717) is 12.5 Å². The van der Waals surface area contributed by atoms with E-state index in [1.165, 1.54) is 25.0 Å². The van der Waals surface area contributed by atoms with Gasteiger partial charge in [-0.3, -0.25) is 9.79 Å². The van der Waals surface area contributed by atoms with Gasteiger partial charge >= 0.3 is 0 Å². The lowest BCUT2D eigenvalue weighted by atomic mass is 10.1. The van der Waals surface area contributed by atoms with Crippen LogP contribution in [0.25, 0.3) is 0 Å². The molecule has 8 heteroatoms. The van der Waals surface area contributed by atoms with Gasteiger partial charge in [-0.15, -0.1) is 24.0 Å². The SMILES string of the molecule is CN=C(NCC(c1ccc(F)cc1)N(C)C)NC1CCN(C(=O)C2CCCC2)C1.I. The Balaban J connectivity index is 0.00000320. The number of nitrogens with one attached hydrogen (secondary N) is 2. The third-order valence-corrected chi connectivity index (χ3v) is 6.11. The van der Waals surface area contributed by atoms with Gasteiger partial charge in [0, 0.05) is 38.6 Å². The van der Waals surface area contributed by atoms with Gasteiger partial charge in [0.2, 0.25) is 5.91 Å². The largest absolute Gasteiger partial charge is 0.354 e. The van der Waals surface area contributed by atoms with Crippen molar-refractivity contribution >= 4 is 35.8 Å². The van der Waals surface area contributed by atoms with Crippen molar-refractivity contribution < 1.29 is 9.18 Å². The van der Waals surface area contributed by atoms with Crippen molar-refractivity contribution in [3.63, 3.8) is 0 Å². The highest BCUT2D eigenvalue weighted by atomic mass is 127. The molecule has 1 aromatic carbocycles. The summed E-state index contributed by atoms with van der Waals surface area (Å²) in [4.78, 5) is 21.1. The van der Waals surface area contributed by atoms with Crippen molar-refractivity contribution in [2.75, 3.05) is 40.8 Å². The molecule has 6 nitrogen and oxygen atoms in total. The van der Waals surface area contributed by atoms with Crippen LogP contribution in [0.5, 0.6) is 0 Å². The molecule has 0 radical (unpaired) electrons. The van der Waals surface area contributed by atoms with Crippen LogP contribution >= 0.6 is 24.0 Å². The van der Waals surface area contributed by atoms with E-state index in [1.807, 2.05) is 31.1 Å². The molecule has 2 unspecified atom stereocenters. The number of hydrogen-bond donors (Lipinski definition) is 2. The van der Waals surface area contributed by atoms with E-state index in [-0.39, 0.29) is 47.8 Å². The Morgan fingerprint density at radius 1 is 1.23 bits per heavy atom. The molecular formula is C22H35FIN5O. The Kier molecular flexibility index (Phi) is 9.80. The van der Waals surface area contributed by atoms with E-state index in [2.05, 4.69) is 20.5 Å². The first-order valence-electron chi connectivity index (χ1n) is 10.7. The van der Waals surface area contributed by atoms with Gasteiger partial charge in [0.25, 0.3) is 0 Å². The van der Waals surface area contributed by atoms with Gasteiger partial charge in [-0.05, 0) is 51.1 Å². The fourth-order valence-corrected chi connectivity index (χ4v) is 4.37. The Morgan fingerprint density at radius 3 is 2.50 bits per heavy atom.